The zero-order valence-corrected chi connectivity index (χ0v) is 13.1. The van der Waals surface area contributed by atoms with Crippen LogP contribution in [-0.4, -0.2) is 21.4 Å². The average molecular weight is 327 g/mol. The highest BCUT2D eigenvalue weighted by Crippen LogP contribution is 2.20. The molecule has 0 radical (unpaired) electrons. The summed E-state index contributed by atoms with van der Waals surface area (Å²) in [6.45, 7) is 3.14. The highest BCUT2D eigenvalue weighted by molar-refractivity contribution is 7.80. The van der Waals surface area contributed by atoms with Gasteiger partial charge in [0.2, 0.25) is 0 Å². The van der Waals surface area contributed by atoms with Crippen molar-refractivity contribution in [3.63, 3.8) is 0 Å². The second-order valence-corrected chi connectivity index (χ2v) is 5.32. The summed E-state index contributed by atoms with van der Waals surface area (Å²) in [7, 11) is 0. The van der Waals surface area contributed by atoms with Gasteiger partial charge in [0.1, 0.15) is 5.82 Å². The van der Waals surface area contributed by atoms with Gasteiger partial charge >= 0.3 is 0 Å². The van der Waals surface area contributed by atoms with E-state index >= 15 is 0 Å². The maximum Gasteiger partial charge on any atom is 0.170 e. The summed E-state index contributed by atoms with van der Waals surface area (Å²) in [5.41, 5.74) is 1.16. The number of aromatic nitrogens is 2. The van der Waals surface area contributed by atoms with Crippen molar-refractivity contribution in [2.75, 3.05) is 11.9 Å². The fourth-order valence-corrected chi connectivity index (χ4v) is 2.22. The summed E-state index contributed by atoms with van der Waals surface area (Å²) < 4.78 is 15.3. The Bertz CT molecular complexity index is 609. The molecule has 1 aromatic carbocycles. The molecule has 7 heteroatoms. The molecule has 0 fully saturated rings. The van der Waals surface area contributed by atoms with Crippen LogP contribution in [0.5, 0.6) is 0 Å². The number of rotatable bonds is 5. The normalized spacial score (nSPS) is 10.4. The highest BCUT2D eigenvalue weighted by Gasteiger charge is 2.09. The van der Waals surface area contributed by atoms with Gasteiger partial charge in [-0.1, -0.05) is 24.6 Å². The number of hydrogen-bond acceptors (Lipinski definition) is 2. The molecule has 0 unspecified atom stereocenters. The number of thiocarbonyl (C=S) groups is 1. The molecule has 112 valence electrons. The van der Waals surface area contributed by atoms with E-state index in [0.29, 0.717) is 15.7 Å². The lowest BCUT2D eigenvalue weighted by Gasteiger charge is -2.07. The Kier molecular flexibility index (Phi) is 5.52. The van der Waals surface area contributed by atoms with Gasteiger partial charge in [-0.15, -0.1) is 0 Å². The number of benzene rings is 1. The van der Waals surface area contributed by atoms with Gasteiger partial charge in [0.05, 0.1) is 18.4 Å². The zero-order chi connectivity index (χ0) is 15.2. The highest BCUT2D eigenvalue weighted by atomic mass is 35.5. The SMILES string of the molecule is CCCNC(=S)Nc1cnn(Cc2c(F)cccc2Cl)c1. The first kappa shape index (κ1) is 15.7. The molecular formula is C14H16ClFN4S. The first-order valence-electron chi connectivity index (χ1n) is 6.60. The summed E-state index contributed by atoms with van der Waals surface area (Å²) in [4.78, 5) is 0. The molecule has 2 N–H and O–H groups in total. The molecule has 2 rings (SSSR count). The van der Waals surface area contributed by atoms with E-state index in [2.05, 4.69) is 22.7 Å². The van der Waals surface area contributed by atoms with E-state index in [1.165, 1.54) is 6.07 Å². The van der Waals surface area contributed by atoms with Crippen LogP contribution in [-0.2, 0) is 6.54 Å². The van der Waals surface area contributed by atoms with Gasteiger partial charge in [-0.25, -0.2) is 4.39 Å². The summed E-state index contributed by atoms with van der Waals surface area (Å²) in [5.74, 6) is -0.340. The number of nitrogens with one attached hydrogen (secondary N) is 2. The van der Waals surface area contributed by atoms with Crippen LogP contribution >= 0.6 is 23.8 Å². The molecule has 0 atom stereocenters. The van der Waals surface area contributed by atoms with E-state index in [4.69, 9.17) is 23.8 Å². The van der Waals surface area contributed by atoms with Crippen LogP contribution in [0.1, 0.15) is 18.9 Å². The van der Waals surface area contributed by atoms with Crippen LogP contribution in [0.15, 0.2) is 30.6 Å². The lowest BCUT2D eigenvalue weighted by Crippen LogP contribution is -2.28. The van der Waals surface area contributed by atoms with Crippen molar-refractivity contribution < 1.29 is 4.39 Å². The van der Waals surface area contributed by atoms with Crippen LogP contribution in [0, 0.1) is 5.82 Å². The maximum atomic E-state index is 13.7. The zero-order valence-electron chi connectivity index (χ0n) is 11.6. The Morgan fingerprint density at radius 1 is 1.48 bits per heavy atom. The summed E-state index contributed by atoms with van der Waals surface area (Å²) in [6.07, 6.45) is 4.38. The summed E-state index contributed by atoms with van der Waals surface area (Å²) in [5, 5.41) is 11.2. The Morgan fingerprint density at radius 3 is 3.00 bits per heavy atom. The molecule has 0 spiro atoms. The van der Waals surface area contributed by atoms with E-state index in [1.54, 1.807) is 29.2 Å². The number of hydrogen-bond donors (Lipinski definition) is 2. The minimum absolute atomic E-state index is 0.266. The Hall–Kier alpha value is -1.66. The van der Waals surface area contributed by atoms with Gasteiger partial charge in [-0.3, -0.25) is 4.68 Å². The number of halogens is 2. The molecule has 1 heterocycles. The minimum Gasteiger partial charge on any atom is -0.362 e. The molecule has 0 saturated carbocycles. The van der Waals surface area contributed by atoms with Crippen LogP contribution < -0.4 is 10.6 Å². The fourth-order valence-electron chi connectivity index (χ4n) is 1.77. The second kappa shape index (κ2) is 7.38. The largest absolute Gasteiger partial charge is 0.362 e. The minimum atomic E-state index is -0.340. The topological polar surface area (TPSA) is 41.9 Å². The Morgan fingerprint density at radius 2 is 2.29 bits per heavy atom. The van der Waals surface area contributed by atoms with Crippen molar-refractivity contribution >= 4 is 34.6 Å². The van der Waals surface area contributed by atoms with Crippen LogP contribution in [0.25, 0.3) is 0 Å². The lowest BCUT2D eigenvalue weighted by atomic mass is 10.2. The molecule has 0 saturated heterocycles. The molecule has 0 aliphatic rings. The fraction of sp³-hybridized carbons (Fsp3) is 0.286. The summed E-state index contributed by atoms with van der Waals surface area (Å²) >= 11 is 11.1. The van der Waals surface area contributed by atoms with Crippen LogP contribution in [0.4, 0.5) is 10.1 Å². The van der Waals surface area contributed by atoms with Gasteiger partial charge < -0.3 is 10.6 Å². The Balaban J connectivity index is 2.02. The first-order valence-corrected chi connectivity index (χ1v) is 7.39. The van der Waals surface area contributed by atoms with Gasteiger partial charge in [0.15, 0.2) is 5.11 Å². The molecule has 0 aliphatic carbocycles. The van der Waals surface area contributed by atoms with E-state index in [-0.39, 0.29) is 12.4 Å². The van der Waals surface area contributed by atoms with Gasteiger partial charge in [-0.05, 0) is 30.8 Å². The lowest BCUT2D eigenvalue weighted by molar-refractivity contribution is 0.585. The van der Waals surface area contributed by atoms with E-state index in [1.807, 2.05) is 0 Å². The Labute approximate surface area is 133 Å². The predicted octanol–water partition coefficient (Wildman–Crippen LogP) is 3.42. The molecule has 4 nitrogen and oxygen atoms in total. The average Bonchev–Trinajstić information content (AvgIpc) is 2.88. The van der Waals surface area contributed by atoms with Gasteiger partial charge in [0, 0.05) is 23.3 Å². The van der Waals surface area contributed by atoms with Crippen molar-refractivity contribution in [3.8, 4) is 0 Å². The monoisotopic (exact) mass is 326 g/mol. The molecule has 2 aromatic rings. The number of nitrogens with zero attached hydrogens (tertiary/aromatic N) is 2. The molecule has 0 bridgehead atoms. The molecule has 0 aliphatic heterocycles. The maximum absolute atomic E-state index is 13.7. The molecular weight excluding hydrogens is 311 g/mol. The van der Waals surface area contributed by atoms with Crippen molar-refractivity contribution in [2.24, 2.45) is 0 Å². The summed E-state index contributed by atoms with van der Waals surface area (Å²) in [6, 6.07) is 4.62. The molecule has 0 amide bonds. The third-order valence-corrected chi connectivity index (χ3v) is 3.41. The van der Waals surface area contributed by atoms with Crippen molar-refractivity contribution in [2.45, 2.75) is 19.9 Å². The smallest absolute Gasteiger partial charge is 0.170 e. The van der Waals surface area contributed by atoms with Crippen molar-refractivity contribution in [1.82, 2.24) is 15.1 Å². The second-order valence-electron chi connectivity index (χ2n) is 4.51. The number of anilines is 1. The van der Waals surface area contributed by atoms with E-state index in [0.717, 1.165) is 18.7 Å². The quantitative estimate of drug-likeness (QED) is 0.826. The third kappa shape index (κ3) is 4.41. The molecule has 21 heavy (non-hydrogen) atoms. The van der Waals surface area contributed by atoms with Crippen molar-refractivity contribution in [3.05, 3.63) is 47.0 Å². The van der Waals surface area contributed by atoms with E-state index in [9.17, 15) is 4.39 Å². The van der Waals surface area contributed by atoms with Crippen LogP contribution in [0.3, 0.4) is 0 Å². The first-order chi connectivity index (χ1) is 10.1. The van der Waals surface area contributed by atoms with Gasteiger partial charge in [0.25, 0.3) is 0 Å². The van der Waals surface area contributed by atoms with Crippen molar-refractivity contribution in [1.29, 1.82) is 0 Å². The standard InChI is InChI=1S/C14H16ClFN4S/c1-2-6-17-14(21)19-10-7-18-20(8-10)9-11-12(15)4-3-5-13(11)16/h3-5,7-8H,2,6,9H2,1H3,(H2,17,19,21). The predicted molar refractivity (Wildman–Crippen MR) is 87.3 cm³/mol. The molecule has 1 aromatic heterocycles. The van der Waals surface area contributed by atoms with Gasteiger partial charge in [-0.2, -0.15) is 5.10 Å². The van der Waals surface area contributed by atoms with Crippen LogP contribution in [0.2, 0.25) is 5.02 Å². The van der Waals surface area contributed by atoms with E-state index < -0.39 is 0 Å². The third-order valence-electron chi connectivity index (χ3n) is 2.81.